The van der Waals surface area contributed by atoms with Crippen LogP contribution in [0.25, 0.3) is 76.6 Å². The molecule has 6 heteroatoms. The van der Waals surface area contributed by atoms with Crippen molar-refractivity contribution in [2.45, 2.75) is 5.41 Å². The molecule has 0 saturated carbocycles. The molecule has 0 amide bonds. The van der Waals surface area contributed by atoms with E-state index in [4.69, 9.17) is 15.0 Å². The Morgan fingerprint density at radius 1 is 0.444 bits per heavy atom. The highest BCUT2D eigenvalue weighted by Crippen LogP contribution is 2.64. The molecule has 7 aromatic carbocycles. The summed E-state index contributed by atoms with van der Waals surface area (Å²) in [5, 5.41) is 22.3. The molecule has 0 aliphatic heterocycles. The second kappa shape index (κ2) is 11.4. The van der Waals surface area contributed by atoms with Gasteiger partial charge >= 0.3 is 0 Å². The molecular formula is C48H25N5S. The van der Waals surface area contributed by atoms with Crippen molar-refractivity contribution in [2.24, 2.45) is 0 Å². The molecule has 0 radical (unpaired) electrons. The maximum absolute atomic E-state index is 10.2. The number of rotatable bonds is 3. The molecule has 9 aromatic rings. The van der Waals surface area contributed by atoms with Gasteiger partial charge in [-0.05, 0) is 87.0 Å². The van der Waals surface area contributed by atoms with Gasteiger partial charge in [0.1, 0.15) is 0 Å². The van der Waals surface area contributed by atoms with Gasteiger partial charge < -0.3 is 0 Å². The maximum atomic E-state index is 10.2. The fraction of sp³-hybridized carbons (Fsp3) is 0.0208. The van der Waals surface area contributed by atoms with Crippen molar-refractivity contribution >= 4 is 31.5 Å². The topological polar surface area (TPSA) is 86.2 Å². The Hall–Kier alpha value is -7.25. The number of thiophene rings is 1. The third-order valence-electron chi connectivity index (χ3n) is 11.0. The minimum absolute atomic E-state index is 0.600. The summed E-state index contributed by atoms with van der Waals surface area (Å²) >= 11 is 1.75. The van der Waals surface area contributed by atoms with E-state index in [0.717, 1.165) is 65.5 Å². The largest absolute Gasteiger partial charge is 0.208 e. The molecular weight excluding hydrogens is 679 g/mol. The average Bonchev–Trinajstić information content (AvgIpc) is 3.87. The van der Waals surface area contributed by atoms with Crippen molar-refractivity contribution < 1.29 is 0 Å². The molecule has 0 saturated heterocycles. The quantitative estimate of drug-likeness (QED) is 0.183. The van der Waals surface area contributed by atoms with Crippen molar-refractivity contribution in [1.82, 2.24) is 15.0 Å². The van der Waals surface area contributed by atoms with Crippen LogP contribution in [0, 0.1) is 22.7 Å². The highest BCUT2D eigenvalue weighted by Gasteiger charge is 2.52. The number of nitriles is 2. The van der Waals surface area contributed by atoms with Gasteiger partial charge in [0.25, 0.3) is 0 Å². The minimum atomic E-state index is -0.666. The molecule has 2 heterocycles. The Bertz CT molecular complexity index is 3080. The number of hydrogen-bond acceptors (Lipinski definition) is 6. The summed E-state index contributed by atoms with van der Waals surface area (Å²) in [5.74, 6) is 1.83. The van der Waals surface area contributed by atoms with Gasteiger partial charge in [0.2, 0.25) is 0 Å². The van der Waals surface area contributed by atoms with E-state index < -0.39 is 5.41 Å². The maximum Gasteiger partial charge on any atom is 0.164 e. The Balaban J connectivity index is 1.20. The lowest BCUT2D eigenvalue weighted by Gasteiger charge is -2.30. The first-order chi connectivity index (χ1) is 26.6. The van der Waals surface area contributed by atoms with Gasteiger partial charge in [-0.15, -0.1) is 11.3 Å². The molecule has 2 aliphatic rings. The Morgan fingerprint density at radius 3 is 1.76 bits per heavy atom. The molecule has 1 spiro atoms. The van der Waals surface area contributed by atoms with Gasteiger partial charge in [0.15, 0.2) is 17.5 Å². The van der Waals surface area contributed by atoms with Crippen LogP contribution in [0.2, 0.25) is 0 Å². The zero-order valence-corrected chi connectivity index (χ0v) is 29.4. The van der Waals surface area contributed by atoms with E-state index in [1.807, 2.05) is 78.9 Å². The summed E-state index contributed by atoms with van der Waals surface area (Å²) in [6, 6.07) is 56.7. The van der Waals surface area contributed by atoms with E-state index in [1.165, 1.54) is 15.8 Å². The smallest absolute Gasteiger partial charge is 0.164 e. The third kappa shape index (κ3) is 4.15. The van der Waals surface area contributed by atoms with Crippen molar-refractivity contribution in [1.29, 1.82) is 10.5 Å². The van der Waals surface area contributed by atoms with Crippen molar-refractivity contribution in [2.75, 3.05) is 0 Å². The summed E-state index contributed by atoms with van der Waals surface area (Å²) in [6.07, 6.45) is 0. The lowest BCUT2D eigenvalue weighted by Crippen LogP contribution is -2.26. The van der Waals surface area contributed by atoms with Crippen LogP contribution in [0.4, 0.5) is 0 Å². The lowest BCUT2D eigenvalue weighted by molar-refractivity contribution is 0.794. The van der Waals surface area contributed by atoms with E-state index >= 15 is 0 Å². The predicted molar refractivity (Wildman–Crippen MR) is 215 cm³/mol. The van der Waals surface area contributed by atoms with Gasteiger partial charge in [-0.2, -0.15) is 10.5 Å². The molecule has 2 aromatic heterocycles. The number of hydrogen-bond donors (Lipinski definition) is 0. The molecule has 0 fully saturated rings. The first-order valence-corrected chi connectivity index (χ1v) is 18.5. The minimum Gasteiger partial charge on any atom is -0.208 e. The van der Waals surface area contributed by atoms with Gasteiger partial charge in [0, 0.05) is 36.9 Å². The second-order valence-electron chi connectivity index (χ2n) is 13.8. The van der Waals surface area contributed by atoms with Crippen LogP contribution < -0.4 is 0 Å². The van der Waals surface area contributed by atoms with Gasteiger partial charge in [0.05, 0.1) is 28.7 Å². The molecule has 1 unspecified atom stereocenters. The predicted octanol–water partition coefficient (Wildman–Crippen LogP) is 11.3. The monoisotopic (exact) mass is 703 g/mol. The number of nitrogens with zero attached hydrogens (tertiary/aromatic N) is 5. The standard InChI is InChI=1S/C48H25N5S/c49-26-28-16-21-41-36(23-28)44-42(54-41)22-20-39-43(44)34-18-15-29(27-50)24-40(34)48(39)37-14-8-7-13-33(37)35-25-32(17-19-38(35)48)47-52-45(30-9-3-1-4-10-30)51-46(53-47)31-11-5-2-6-12-31/h1-25H. The first-order valence-electron chi connectivity index (χ1n) is 17.7. The molecule has 1 atom stereocenters. The van der Waals surface area contributed by atoms with E-state index in [1.54, 1.807) is 11.3 Å². The number of fused-ring (bicyclic) bond motifs is 14. The van der Waals surface area contributed by atoms with Gasteiger partial charge in [-0.3, -0.25) is 0 Å². The van der Waals surface area contributed by atoms with Crippen LogP contribution >= 0.6 is 11.3 Å². The second-order valence-corrected chi connectivity index (χ2v) is 14.8. The van der Waals surface area contributed by atoms with Crippen molar-refractivity contribution in [3.8, 4) is 68.6 Å². The van der Waals surface area contributed by atoms with Crippen molar-refractivity contribution in [3.05, 3.63) is 185 Å². The molecule has 54 heavy (non-hydrogen) atoms. The van der Waals surface area contributed by atoms with Crippen LogP contribution in [0.5, 0.6) is 0 Å². The first kappa shape index (κ1) is 30.4. The molecule has 2 aliphatic carbocycles. The Kier molecular flexibility index (Phi) is 6.40. The highest BCUT2D eigenvalue weighted by molar-refractivity contribution is 7.26. The normalized spacial score (nSPS) is 14.7. The molecule has 248 valence electrons. The van der Waals surface area contributed by atoms with E-state index in [-0.39, 0.29) is 0 Å². The number of aromatic nitrogens is 3. The van der Waals surface area contributed by atoms with Gasteiger partial charge in [-0.25, -0.2) is 15.0 Å². The summed E-state index contributed by atoms with van der Waals surface area (Å²) in [5.41, 5.74) is 12.5. The van der Waals surface area contributed by atoms with Crippen LogP contribution in [0.3, 0.4) is 0 Å². The zero-order valence-electron chi connectivity index (χ0n) is 28.6. The summed E-state index contributed by atoms with van der Waals surface area (Å²) in [6.45, 7) is 0. The number of benzene rings is 7. The van der Waals surface area contributed by atoms with E-state index in [9.17, 15) is 10.5 Å². The third-order valence-corrected chi connectivity index (χ3v) is 12.1. The van der Waals surface area contributed by atoms with Crippen LogP contribution in [0.15, 0.2) is 152 Å². The molecule has 5 nitrogen and oxygen atoms in total. The fourth-order valence-electron chi connectivity index (χ4n) is 8.76. The van der Waals surface area contributed by atoms with Crippen LogP contribution in [-0.4, -0.2) is 15.0 Å². The summed E-state index contributed by atoms with van der Waals surface area (Å²) < 4.78 is 2.32. The summed E-state index contributed by atoms with van der Waals surface area (Å²) in [7, 11) is 0. The Morgan fingerprint density at radius 2 is 1.04 bits per heavy atom. The SMILES string of the molecule is N#Cc1ccc2c(c1)C1(c3ccccc3-c3cc(-c4nc(-c5ccccc5)nc(-c5ccccc5)n4)ccc31)c1ccc3sc4ccc(C#N)cc4c3c1-2. The van der Waals surface area contributed by atoms with Crippen molar-refractivity contribution in [3.63, 3.8) is 0 Å². The highest BCUT2D eigenvalue weighted by atomic mass is 32.1. The zero-order chi connectivity index (χ0) is 36.0. The Labute approximate surface area is 314 Å². The lowest BCUT2D eigenvalue weighted by atomic mass is 9.70. The van der Waals surface area contributed by atoms with Crippen LogP contribution in [-0.2, 0) is 5.41 Å². The molecule has 11 rings (SSSR count). The van der Waals surface area contributed by atoms with Gasteiger partial charge in [-0.1, -0.05) is 109 Å². The molecule has 0 N–H and O–H groups in total. The fourth-order valence-corrected chi connectivity index (χ4v) is 9.85. The van der Waals surface area contributed by atoms with E-state index in [0.29, 0.717) is 28.6 Å². The van der Waals surface area contributed by atoms with Crippen LogP contribution in [0.1, 0.15) is 33.4 Å². The summed E-state index contributed by atoms with van der Waals surface area (Å²) in [4.78, 5) is 15.0. The average molecular weight is 704 g/mol. The van der Waals surface area contributed by atoms with E-state index in [2.05, 4.69) is 84.9 Å². The molecule has 0 bridgehead atoms.